The SMILES string of the molecule is C=C(/C=C\c1ccccc1C)N(c1ccc2sc3ccccc3c2c1)c1ccc2ccc3c4cc(C#N)ccc4sc3c2c1. The van der Waals surface area contributed by atoms with Crippen molar-refractivity contribution < 1.29 is 0 Å². The Balaban J connectivity index is 1.33. The average Bonchev–Trinajstić information content (AvgIpc) is 3.62. The van der Waals surface area contributed by atoms with E-state index in [1.165, 1.54) is 56.9 Å². The molecule has 6 aromatic carbocycles. The smallest absolute Gasteiger partial charge is 0.0991 e. The number of rotatable bonds is 5. The Morgan fingerprint density at radius 1 is 0.682 bits per heavy atom. The van der Waals surface area contributed by atoms with Crippen LogP contribution in [-0.4, -0.2) is 0 Å². The molecule has 0 N–H and O–H groups in total. The van der Waals surface area contributed by atoms with Gasteiger partial charge in [0.1, 0.15) is 0 Å². The van der Waals surface area contributed by atoms with Gasteiger partial charge in [0.15, 0.2) is 0 Å². The van der Waals surface area contributed by atoms with Crippen LogP contribution in [0.2, 0.25) is 0 Å². The fourth-order valence-corrected chi connectivity index (χ4v) is 8.41. The molecule has 0 amide bonds. The molecule has 2 heterocycles. The summed E-state index contributed by atoms with van der Waals surface area (Å²) >= 11 is 3.62. The summed E-state index contributed by atoms with van der Waals surface area (Å²) in [6, 6.07) is 43.1. The summed E-state index contributed by atoms with van der Waals surface area (Å²) in [5.41, 5.74) is 6.10. The molecule has 2 aromatic heterocycles. The number of nitriles is 1. The Morgan fingerprint density at radius 2 is 1.36 bits per heavy atom. The zero-order valence-corrected chi connectivity index (χ0v) is 25.7. The first-order chi connectivity index (χ1) is 21.6. The molecule has 0 aliphatic carbocycles. The number of fused-ring (bicyclic) bond motifs is 8. The van der Waals surface area contributed by atoms with Crippen molar-refractivity contribution in [1.82, 2.24) is 0 Å². The van der Waals surface area contributed by atoms with E-state index in [4.69, 9.17) is 0 Å². The highest BCUT2D eigenvalue weighted by molar-refractivity contribution is 7.26. The van der Waals surface area contributed by atoms with E-state index >= 15 is 0 Å². The number of nitrogens with zero attached hydrogens (tertiary/aromatic N) is 2. The monoisotopic (exact) mass is 598 g/mol. The molecule has 0 aliphatic heterocycles. The van der Waals surface area contributed by atoms with Crippen molar-refractivity contribution in [2.24, 2.45) is 0 Å². The van der Waals surface area contributed by atoms with E-state index in [1.807, 2.05) is 23.5 Å². The van der Waals surface area contributed by atoms with Crippen LogP contribution in [0.4, 0.5) is 11.4 Å². The van der Waals surface area contributed by atoms with Crippen LogP contribution in [-0.2, 0) is 0 Å². The van der Waals surface area contributed by atoms with Gasteiger partial charge in [-0.15, -0.1) is 22.7 Å². The quantitative estimate of drug-likeness (QED) is 0.184. The van der Waals surface area contributed by atoms with E-state index < -0.39 is 0 Å². The average molecular weight is 599 g/mol. The molecule has 8 rings (SSSR count). The third-order valence-corrected chi connectivity index (χ3v) is 10.7. The number of aryl methyl sites for hydroxylation is 1. The summed E-state index contributed by atoms with van der Waals surface area (Å²) in [6.45, 7) is 6.73. The van der Waals surface area contributed by atoms with E-state index in [-0.39, 0.29) is 0 Å². The van der Waals surface area contributed by atoms with Crippen LogP contribution in [0.25, 0.3) is 57.2 Å². The predicted molar refractivity (Wildman–Crippen MR) is 192 cm³/mol. The van der Waals surface area contributed by atoms with Crippen LogP contribution in [0.3, 0.4) is 0 Å². The van der Waals surface area contributed by atoms with Crippen molar-refractivity contribution in [3.8, 4) is 6.07 Å². The minimum atomic E-state index is 0.685. The lowest BCUT2D eigenvalue weighted by Crippen LogP contribution is -2.14. The zero-order valence-electron chi connectivity index (χ0n) is 24.0. The Morgan fingerprint density at radius 3 is 2.23 bits per heavy atom. The predicted octanol–water partition coefficient (Wildman–Crippen LogP) is 12.1. The van der Waals surface area contributed by atoms with Gasteiger partial charge in [0, 0.05) is 62.8 Å². The van der Waals surface area contributed by atoms with Crippen LogP contribution >= 0.6 is 22.7 Å². The van der Waals surface area contributed by atoms with Crippen LogP contribution < -0.4 is 4.90 Å². The van der Waals surface area contributed by atoms with Gasteiger partial charge in [0.25, 0.3) is 0 Å². The van der Waals surface area contributed by atoms with E-state index in [9.17, 15) is 5.26 Å². The first kappa shape index (κ1) is 26.4. The van der Waals surface area contributed by atoms with Gasteiger partial charge in [0.2, 0.25) is 0 Å². The fourth-order valence-electron chi connectivity index (χ4n) is 6.12. The Bertz CT molecular complexity index is 2500. The maximum Gasteiger partial charge on any atom is 0.0991 e. The largest absolute Gasteiger partial charge is 0.311 e. The number of benzene rings is 6. The molecule has 44 heavy (non-hydrogen) atoms. The van der Waals surface area contributed by atoms with Gasteiger partial charge in [-0.2, -0.15) is 5.26 Å². The second-order valence-corrected chi connectivity index (χ2v) is 13.2. The molecule has 2 nitrogen and oxygen atoms in total. The standard InChI is InChI=1S/C40H26N2S2/c1-25-7-3-4-8-28(25)13-11-26(2)42(31-17-20-38-36(23-31)32-9-5-6-10-37(32)43-38)30-16-14-29-15-18-33-35-21-27(24-41)12-19-39(35)44-40(33)34(29)22-30/h3-23H,2H2,1H3/b13-11-. The van der Waals surface area contributed by atoms with Gasteiger partial charge in [-0.05, 0) is 84.1 Å². The molecule has 0 bridgehead atoms. The van der Waals surface area contributed by atoms with Crippen molar-refractivity contribution in [2.75, 3.05) is 4.90 Å². The van der Waals surface area contributed by atoms with Crippen molar-refractivity contribution in [3.63, 3.8) is 0 Å². The molecule has 8 aromatic rings. The molecule has 4 heteroatoms. The van der Waals surface area contributed by atoms with Gasteiger partial charge < -0.3 is 4.90 Å². The lowest BCUT2D eigenvalue weighted by molar-refractivity contribution is 1.23. The Hall–Kier alpha value is -5.21. The maximum absolute atomic E-state index is 9.51. The van der Waals surface area contributed by atoms with Gasteiger partial charge >= 0.3 is 0 Å². The topological polar surface area (TPSA) is 27.0 Å². The Labute approximate surface area is 263 Å². The highest BCUT2D eigenvalue weighted by Crippen LogP contribution is 2.42. The minimum absolute atomic E-state index is 0.685. The van der Waals surface area contributed by atoms with Gasteiger partial charge in [-0.3, -0.25) is 0 Å². The number of hydrogen-bond donors (Lipinski definition) is 0. The minimum Gasteiger partial charge on any atom is -0.311 e. The molecule has 0 spiro atoms. The molecule has 0 saturated carbocycles. The summed E-state index contributed by atoms with van der Waals surface area (Å²) in [7, 11) is 0. The number of thiophene rings is 2. The first-order valence-electron chi connectivity index (χ1n) is 14.5. The van der Waals surface area contributed by atoms with Crippen LogP contribution in [0.1, 0.15) is 16.7 Å². The second-order valence-electron chi connectivity index (χ2n) is 11.1. The van der Waals surface area contributed by atoms with E-state index in [2.05, 4.69) is 140 Å². The van der Waals surface area contributed by atoms with E-state index in [0.29, 0.717) is 5.56 Å². The van der Waals surface area contributed by atoms with Gasteiger partial charge in [0.05, 0.1) is 11.6 Å². The molecule has 208 valence electrons. The molecular weight excluding hydrogens is 573 g/mol. The van der Waals surface area contributed by atoms with Gasteiger partial charge in [-0.1, -0.05) is 73.3 Å². The highest BCUT2D eigenvalue weighted by Gasteiger charge is 2.17. The third-order valence-electron chi connectivity index (χ3n) is 8.37. The summed E-state index contributed by atoms with van der Waals surface area (Å²) < 4.78 is 4.99. The molecule has 0 aliphatic rings. The first-order valence-corrected chi connectivity index (χ1v) is 16.1. The molecular formula is C40H26N2S2. The van der Waals surface area contributed by atoms with Gasteiger partial charge in [-0.25, -0.2) is 0 Å². The summed E-state index contributed by atoms with van der Waals surface area (Å²) in [5, 5.41) is 16.7. The molecule has 0 fully saturated rings. The summed E-state index contributed by atoms with van der Waals surface area (Å²) in [5.74, 6) is 0. The number of allylic oxidation sites excluding steroid dienone is 1. The molecule has 0 saturated heterocycles. The van der Waals surface area contributed by atoms with E-state index in [0.717, 1.165) is 22.5 Å². The van der Waals surface area contributed by atoms with Crippen LogP contribution in [0.15, 0.2) is 134 Å². The van der Waals surface area contributed by atoms with Crippen LogP contribution in [0, 0.1) is 18.3 Å². The van der Waals surface area contributed by atoms with E-state index in [1.54, 1.807) is 11.3 Å². The van der Waals surface area contributed by atoms with Crippen molar-refractivity contribution in [3.05, 3.63) is 150 Å². The summed E-state index contributed by atoms with van der Waals surface area (Å²) in [4.78, 5) is 2.26. The molecule has 0 radical (unpaired) electrons. The Kier molecular flexibility index (Phi) is 6.31. The maximum atomic E-state index is 9.51. The lowest BCUT2D eigenvalue weighted by Gasteiger charge is -2.26. The third kappa shape index (κ3) is 4.37. The summed E-state index contributed by atoms with van der Waals surface area (Å²) in [6.07, 6.45) is 4.27. The normalized spacial score (nSPS) is 11.7. The number of anilines is 2. The van der Waals surface area contributed by atoms with Crippen molar-refractivity contribution in [2.45, 2.75) is 6.92 Å². The highest BCUT2D eigenvalue weighted by atomic mass is 32.1. The molecule has 0 atom stereocenters. The van der Waals surface area contributed by atoms with Crippen molar-refractivity contribution >= 4 is 91.2 Å². The fraction of sp³-hybridized carbons (Fsp3) is 0.0250. The van der Waals surface area contributed by atoms with Crippen LogP contribution in [0.5, 0.6) is 0 Å². The second kappa shape index (κ2) is 10.5. The zero-order chi connectivity index (χ0) is 29.8. The number of hydrogen-bond acceptors (Lipinski definition) is 4. The lowest BCUT2D eigenvalue weighted by atomic mass is 10.0. The molecule has 0 unspecified atom stereocenters. The van der Waals surface area contributed by atoms with Crippen molar-refractivity contribution in [1.29, 1.82) is 5.26 Å².